The Morgan fingerprint density at radius 3 is 2.58 bits per heavy atom. The number of carbonyl (C=O) groups is 1. The molecule has 0 radical (unpaired) electrons. The third-order valence-electron chi connectivity index (χ3n) is 5.07. The van der Waals surface area contributed by atoms with Crippen molar-refractivity contribution in [1.29, 1.82) is 0 Å². The molecule has 2 heterocycles. The van der Waals surface area contributed by atoms with E-state index in [9.17, 15) is 4.79 Å². The minimum Gasteiger partial charge on any atom is -0.494 e. The number of benzene rings is 1. The second-order valence-corrected chi connectivity index (χ2v) is 6.65. The Bertz CT molecular complexity index is 555. The summed E-state index contributed by atoms with van der Waals surface area (Å²) < 4.78 is 16.5. The van der Waals surface area contributed by atoms with E-state index in [1.165, 1.54) is 5.56 Å². The van der Waals surface area contributed by atoms with Gasteiger partial charge in [0.25, 0.3) is 0 Å². The maximum absolute atomic E-state index is 12.4. The van der Waals surface area contributed by atoms with Crippen molar-refractivity contribution >= 4 is 18.3 Å². The van der Waals surface area contributed by atoms with Crippen LogP contribution in [0.15, 0.2) is 24.3 Å². The van der Waals surface area contributed by atoms with Gasteiger partial charge in [-0.05, 0) is 37.5 Å². The van der Waals surface area contributed by atoms with Gasteiger partial charge in [0.2, 0.25) is 5.91 Å². The summed E-state index contributed by atoms with van der Waals surface area (Å²) in [6.45, 7) is 6.50. The lowest BCUT2D eigenvalue weighted by Crippen LogP contribution is -2.54. The number of carbonyl (C=O) groups excluding carboxylic acids is 1. The Morgan fingerprint density at radius 1 is 1.23 bits per heavy atom. The van der Waals surface area contributed by atoms with Crippen LogP contribution in [-0.2, 0) is 19.7 Å². The lowest BCUT2D eigenvalue weighted by Gasteiger charge is -2.38. The lowest BCUT2D eigenvalue weighted by atomic mass is 9.74. The van der Waals surface area contributed by atoms with Crippen LogP contribution < -0.4 is 15.4 Å². The SMILES string of the molecule is CCOc1ccc(C2(CNC(=O)C3COCCN3)CCOCC2)cc1.Cl. The Hall–Kier alpha value is -1.34. The van der Waals surface area contributed by atoms with Gasteiger partial charge in [-0.3, -0.25) is 4.79 Å². The van der Waals surface area contributed by atoms with Crippen LogP contribution in [0.3, 0.4) is 0 Å². The number of halogens is 1. The summed E-state index contributed by atoms with van der Waals surface area (Å²) in [5.74, 6) is 0.887. The highest BCUT2D eigenvalue weighted by molar-refractivity contribution is 5.85. The van der Waals surface area contributed by atoms with E-state index in [2.05, 4.69) is 22.8 Å². The van der Waals surface area contributed by atoms with Gasteiger partial charge >= 0.3 is 0 Å². The van der Waals surface area contributed by atoms with Crippen LogP contribution in [0.4, 0.5) is 0 Å². The third-order valence-corrected chi connectivity index (χ3v) is 5.07. The van der Waals surface area contributed by atoms with E-state index in [1.807, 2.05) is 19.1 Å². The number of nitrogens with one attached hydrogen (secondary N) is 2. The monoisotopic (exact) mass is 384 g/mol. The maximum Gasteiger partial charge on any atom is 0.239 e. The highest BCUT2D eigenvalue weighted by atomic mass is 35.5. The van der Waals surface area contributed by atoms with E-state index >= 15 is 0 Å². The first-order valence-corrected chi connectivity index (χ1v) is 9.13. The van der Waals surface area contributed by atoms with Crippen molar-refractivity contribution in [2.24, 2.45) is 0 Å². The van der Waals surface area contributed by atoms with E-state index in [-0.39, 0.29) is 29.8 Å². The van der Waals surface area contributed by atoms with Gasteiger partial charge in [0, 0.05) is 31.7 Å². The molecule has 2 fully saturated rings. The van der Waals surface area contributed by atoms with Crippen molar-refractivity contribution in [3.05, 3.63) is 29.8 Å². The predicted octanol–water partition coefficient (Wildman–Crippen LogP) is 1.66. The Morgan fingerprint density at radius 2 is 1.96 bits per heavy atom. The normalized spacial score (nSPS) is 22.1. The number of hydrogen-bond acceptors (Lipinski definition) is 5. The first kappa shape index (κ1) is 21.0. The molecule has 1 aromatic carbocycles. The van der Waals surface area contributed by atoms with Crippen LogP contribution in [0.2, 0.25) is 0 Å². The van der Waals surface area contributed by atoms with E-state index in [0.717, 1.165) is 25.1 Å². The van der Waals surface area contributed by atoms with Crippen LogP contribution in [0.5, 0.6) is 5.75 Å². The molecule has 3 rings (SSSR count). The van der Waals surface area contributed by atoms with E-state index in [1.54, 1.807) is 0 Å². The summed E-state index contributed by atoms with van der Waals surface area (Å²) in [7, 11) is 0. The van der Waals surface area contributed by atoms with Gasteiger partial charge in [-0.1, -0.05) is 12.1 Å². The second-order valence-electron chi connectivity index (χ2n) is 6.65. The summed E-state index contributed by atoms with van der Waals surface area (Å²) in [5.41, 5.74) is 1.14. The molecule has 0 aromatic heterocycles. The summed E-state index contributed by atoms with van der Waals surface area (Å²) >= 11 is 0. The molecule has 0 spiro atoms. The predicted molar refractivity (Wildman–Crippen MR) is 102 cm³/mol. The van der Waals surface area contributed by atoms with Crippen molar-refractivity contribution in [3.8, 4) is 5.75 Å². The smallest absolute Gasteiger partial charge is 0.239 e. The van der Waals surface area contributed by atoms with E-state index < -0.39 is 0 Å². The van der Waals surface area contributed by atoms with Crippen molar-refractivity contribution in [1.82, 2.24) is 10.6 Å². The van der Waals surface area contributed by atoms with Gasteiger partial charge in [0.15, 0.2) is 0 Å². The number of rotatable bonds is 6. The highest BCUT2D eigenvalue weighted by Crippen LogP contribution is 2.35. The number of hydrogen-bond donors (Lipinski definition) is 2. The topological polar surface area (TPSA) is 68.8 Å². The second kappa shape index (κ2) is 10.1. The molecule has 0 aliphatic carbocycles. The van der Waals surface area contributed by atoms with Gasteiger partial charge in [-0.15, -0.1) is 12.4 Å². The van der Waals surface area contributed by atoms with Crippen LogP contribution in [0.25, 0.3) is 0 Å². The fraction of sp³-hybridized carbons (Fsp3) is 0.632. The number of morpholine rings is 1. The average molecular weight is 385 g/mol. The third kappa shape index (κ3) is 5.10. The molecule has 1 unspecified atom stereocenters. The van der Waals surface area contributed by atoms with Crippen LogP contribution in [0, 0.1) is 0 Å². The summed E-state index contributed by atoms with van der Waals surface area (Å²) in [6.07, 6.45) is 1.80. The Balaban J connectivity index is 0.00000243. The zero-order chi connectivity index (χ0) is 17.5. The van der Waals surface area contributed by atoms with Crippen LogP contribution in [-0.4, -0.2) is 58.1 Å². The van der Waals surface area contributed by atoms with Crippen LogP contribution >= 0.6 is 12.4 Å². The molecule has 26 heavy (non-hydrogen) atoms. The molecule has 2 N–H and O–H groups in total. The first-order valence-electron chi connectivity index (χ1n) is 9.13. The minimum absolute atomic E-state index is 0. The van der Waals surface area contributed by atoms with Gasteiger partial charge in [0.05, 0.1) is 19.8 Å². The first-order chi connectivity index (χ1) is 12.2. The minimum atomic E-state index is -0.258. The summed E-state index contributed by atoms with van der Waals surface area (Å²) in [4.78, 5) is 12.4. The molecular formula is C19H29ClN2O4. The molecule has 6 nitrogen and oxygen atoms in total. The van der Waals surface area contributed by atoms with Crippen molar-refractivity contribution in [3.63, 3.8) is 0 Å². The molecule has 1 aromatic rings. The standard InChI is InChI=1S/C19H28N2O4.ClH/c1-2-25-16-5-3-15(4-6-16)19(7-10-23-11-8-19)14-21-18(22)17-13-24-12-9-20-17;/h3-6,17,20H,2,7-14H2,1H3,(H,21,22);1H. The zero-order valence-corrected chi connectivity index (χ0v) is 16.1. The fourth-order valence-corrected chi connectivity index (χ4v) is 3.51. The van der Waals surface area contributed by atoms with Crippen molar-refractivity contribution < 1.29 is 19.0 Å². The summed E-state index contributed by atoms with van der Waals surface area (Å²) in [5, 5.41) is 6.34. The highest BCUT2D eigenvalue weighted by Gasteiger charge is 2.35. The van der Waals surface area contributed by atoms with Crippen LogP contribution in [0.1, 0.15) is 25.3 Å². The molecule has 0 saturated carbocycles. The van der Waals surface area contributed by atoms with Crippen molar-refractivity contribution in [2.45, 2.75) is 31.2 Å². The van der Waals surface area contributed by atoms with Gasteiger partial charge in [-0.25, -0.2) is 0 Å². The van der Waals surface area contributed by atoms with E-state index in [0.29, 0.717) is 39.6 Å². The zero-order valence-electron chi connectivity index (χ0n) is 15.3. The fourth-order valence-electron chi connectivity index (χ4n) is 3.51. The molecule has 1 atom stereocenters. The molecule has 2 aliphatic rings. The molecular weight excluding hydrogens is 356 g/mol. The van der Waals surface area contributed by atoms with E-state index in [4.69, 9.17) is 14.2 Å². The molecule has 146 valence electrons. The number of amides is 1. The van der Waals surface area contributed by atoms with Gasteiger partial charge in [0.1, 0.15) is 11.8 Å². The molecule has 2 aliphatic heterocycles. The molecule has 2 saturated heterocycles. The lowest BCUT2D eigenvalue weighted by molar-refractivity contribution is -0.126. The largest absolute Gasteiger partial charge is 0.494 e. The van der Waals surface area contributed by atoms with Crippen molar-refractivity contribution in [2.75, 3.05) is 46.1 Å². The summed E-state index contributed by atoms with van der Waals surface area (Å²) in [6, 6.07) is 7.99. The Kier molecular flexibility index (Phi) is 8.15. The average Bonchev–Trinajstić information content (AvgIpc) is 2.68. The molecule has 1 amide bonds. The van der Waals surface area contributed by atoms with Gasteiger partial charge in [-0.2, -0.15) is 0 Å². The molecule has 7 heteroatoms. The number of ether oxygens (including phenoxy) is 3. The van der Waals surface area contributed by atoms with Gasteiger partial charge < -0.3 is 24.8 Å². The Labute approximate surface area is 161 Å². The molecule has 0 bridgehead atoms. The maximum atomic E-state index is 12.4. The quantitative estimate of drug-likeness (QED) is 0.780.